The maximum absolute atomic E-state index is 14.4. The topological polar surface area (TPSA) is 75.7 Å². The van der Waals surface area contributed by atoms with Crippen molar-refractivity contribution < 1.29 is 22.3 Å². The van der Waals surface area contributed by atoms with Crippen LogP contribution in [0.1, 0.15) is 13.8 Å². The first-order chi connectivity index (χ1) is 14.3. The Morgan fingerprint density at radius 3 is 2.43 bits per heavy atom. The van der Waals surface area contributed by atoms with Gasteiger partial charge < -0.3 is 10.1 Å². The van der Waals surface area contributed by atoms with Crippen molar-refractivity contribution >= 4 is 33.4 Å². The SMILES string of the molecule is CC(C)C(Sc1ccccc1)C(=O)Nc1ccc(F)c(S(=O)(=O)N2CCOCC2)c1. The zero-order valence-electron chi connectivity index (χ0n) is 16.9. The van der Waals surface area contributed by atoms with E-state index in [2.05, 4.69) is 5.32 Å². The lowest BCUT2D eigenvalue weighted by Gasteiger charge is -2.26. The molecule has 1 saturated heterocycles. The van der Waals surface area contributed by atoms with E-state index in [9.17, 15) is 17.6 Å². The smallest absolute Gasteiger partial charge is 0.246 e. The van der Waals surface area contributed by atoms with Gasteiger partial charge in [-0.05, 0) is 36.2 Å². The second-order valence-corrected chi connectivity index (χ2v) is 10.4. The average Bonchev–Trinajstić information content (AvgIpc) is 2.74. The van der Waals surface area contributed by atoms with E-state index in [4.69, 9.17) is 4.74 Å². The van der Waals surface area contributed by atoms with Crippen LogP contribution in [0.25, 0.3) is 0 Å². The number of anilines is 1. The molecular formula is C21H25FN2O4S2. The van der Waals surface area contributed by atoms with Gasteiger partial charge in [-0.25, -0.2) is 12.8 Å². The summed E-state index contributed by atoms with van der Waals surface area (Å²) in [7, 11) is -4.01. The second-order valence-electron chi connectivity index (χ2n) is 7.25. The fraction of sp³-hybridized carbons (Fsp3) is 0.381. The first-order valence-corrected chi connectivity index (χ1v) is 12.0. The number of sulfonamides is 1. The van der Waals surface area contributed by atoms with Crippen LogP contribution in [0.15, 0.2) is 58.3 Å². The van der Waals surface area contributed by atoms with Crippen LogP contribution in [0.5, 0.6) is 0 Å². The first-order valence-electron chi connectivity index (χ1n) is 9.69. The summed E-state index contributed by atoms with van der Waals surface area (Å²) >= 11 is 1.43. The van der Waals surface area contributed by atoms with Crippen LogP contribution in [-0.4, -0.2) is 50.2 Å². The Balaban J connectivity index is 1.80. The molecule has 1 amide bonds. The lowest BCUT2D eigenvalue weighted by Crippen LogP contribution is -2.41. The highest BCUT2D eigenvalue weighted by Gasteiger charge is 2.30. The zero-order valence-corrected chi connectivity index (χ0v) is 18.5. The Morgan fingerprint density at radius 2 is 1.80 bits per heavy atom. The Bertz CT molecular complexity index is 978. The largest absolute Gasteiger partial charge is 0.379 e. The Labute approximate surface area is 180 Å². The van der Waals surface area contributed by atoms with Crippen LogP contribution < -0.4 is 5.32 Å². The molecule has 2 aromatic carbocycles. The molecule has 0 radical (unpaired) electrons. The number of ether oxygens (including phenoxy) is 1. The van der Waals surface area contributed by atoms with Crippen LogP contribution in [0.3, 0.4) is 0 Å². The number of halogens is 1. The molecule has 162 valence electrons. The van der Waals surface area contributed by atoms with Crippen molar-refractivity contribution in [3.63, 3.8) is 0 Å². The molecule has 1 atom stereocenters. The number of benzene rings is 2. The fourth-order valence-electron chi connectivity index (χ4n) is 3.06. The van der Waals surface area contributed by atoms with E-state index < -0.39 is 26.0 Å². The summed E-state index contributed by atoms with van der Waals surface area (Å²) in [5.41, 5.74) is 0.243. The molecular weight excluding hydrogens is 427 g/mol. The van der Waals surface area contributed by atoms with Crippen LogP contribution in [0, 0.1) is 11.7 Å². The Kier molecular flexibility index (Phi) is 7.51. The van der Waals surface area contributed by atoms with Gasteiger partial charge in [0.1, 0.15) is 10.7 Å². The van der Waals surface area contributed by atoms with Crippen LogP contribution in [0.4, 0.5) is 10.1 Å². The molecule has 1 unspecified atom stereocenters. The van der Waals surface area contributed by atoms with Crippen molar-refractivity contribution in [1.29, 1.82) is 0 Å². The van der Waals surface area contributed by atoms with Crippen molar-refractivity contribution in [1.82, 2.24) is 4.31 Å². The van der Waals surface area contributed by atoms with Gasteiger partial charge in [0.2, 0.25) is 15.9 Å². The quantitative estimate of drug-likeness (QED) is 0.650. The van der Waals surface area contributed by atoms with E-state index in [0.29, 0.717) is 0 Å². The molecule has 1 heterocycles. The van der Waals surface area contributed by atoms with E-state index in [-0.39, 0.29) is 43.8 Å². The highest BCUT2D eigenvalue weighted by atomic mass is 32.2. The van der Waals surface area contributed by atoms with Crippen LogP contribution in [0.2, 0.25) is 0 Å². The standard InChI is InChI=1S/C21H25FN2O4S2/c1-15(2)20(29-17-6-4-3-5-7-17)21(25)23-16-8-9-18(22)19(14-16)30(26,27)24-10-12-28-13-11-24/h3-9,14-15,20H,10-13H2,1-2H3,(H,23,25). The third-order valence-corrected chi connectivity index (χ3v) is 8.13. The Morgan fingerprint density at radius 1 is 1.13 bits per heavy atom. The van der Waals surface area contributed by atoms with Crippen molar-refractivity contribution in [3.05, 3.63) is 54.3 Å². The second kappa shape index (κ2) is 9.91. The number of nitrogens with one attached hydrogen (secondary N) is 1. The number of hydrogen-bond acceptors (Lipinski definition) is 5. The molecule has 1 aliphatic rings. The summed E-state index contributed by atoms with van der Waals surface area (Å²) < 4.78 is 46.4. The third-order valence-electron chi connectivity index (χ3n) is 4.66. The van der Waals surface area contributed by atoms with Gasteiger partial charge in [0.05, 0.1) is 18.5 Å². The van der Waals surface area contributed by atoms with Gasteiger partial charge >= 0.3 is 0 Å². The van der Waals surface area contributed by atoms with Gasteiger partial charge in [-0.2, -0.15) is 4.31 Å². The van der Waals surface area contributed by atoms with Crippen LogP contribution >= 0.6 is 11.8 Å². The number of morpholine rings is 1. The van der Waals surface area contributed by atoms with Gasteiger partial charge in [-0.15, -0.1) is 11.8 Å². The summed E-state index contributed by atoms with van der Waals surface area (Å²) in [5, 5.41) is 2.36. The maximum atomic E-state index is 14.4. The minimum atomic E-state index is -4.01. The minimum Gasteiger partial charge on any atom is -0.379 e. The maximum Gasteiger partial charge on any atom is 0.246 e. The number of carbonyl (C=O) groups is 1. The van der Waals surface area contributed by atoms with E-state index in [0.717, 1.165) is 11.0 Å². The van der Waals surface area contributed by atoms with Crippen LogP contribution in [-0.2, 0) is 19.6 Å². The lowest BCUT2D eigenvalue weighted by atomic mass is 10.1. The molecule has 1 N–H and O–H groups in total. The predicted octanol–water partition coefficient (Wildman–Crippen LogP) is 3.60. The van der Waals surface area contributed by atoms with E-state index in [1.54, 1.807) is 0 Å². The molecule has 0 aliphatic carbocycles. The fourth-order valence-corrected chi connectivity index (χ4v) is 5.60. The molecule has 0 aromatic heterocycles. The summed E-state index contributed by atoms with van der Waals surface area (Å²) in [5.74, 6) is -1.08. The van der Waals surface area contributed by atoms with Crippen molar-refractivity contribution in [2.24, 2.45) is 5.92 Å². The summed E-state index contributed by atoms with van der Waals surface area (Å²) in [6.45, 7) is 4.76. The Hall–Kier alpha value is -1.94. The molecule has 1 aliphatic heterocycles. The molecule has 2 aromatic rings. The highest BCUT2D eigenvalue weighted by molar-refractivity contribution is 8.00. The molecule has 0 saturated carbocycles. The van der Waals surface area contributed by atoms with E-state index in [1.165, 1.54) is 28.2 Å². The number of amides is 1. The van der Waals surface area contributed by atoms with Gasteiger partial charge in [0.15, 0.2) is 0 Å². The molecule has 9 heteroatoms. The monoisotopic (exact) mass is 452 g/mol. The molecule has 30 heavy (non-hydrogen) atoms. The van der Waals surface area contributed by atoms with E-state index >= 15 is 0 Å². The van der Waals surface area contributed by atoms with Gasteiger partial charge in [0, 0.05) is 23.7 Å². The highest BCUT2D eigenvalue weighted by Crippen LogP contribution is 2.30. The average molecular weight is 453 g/mol. The number of hydrogen-bond donors (Lipinski definition) is 1. The van der Waals surface area contributed by atoms with Crippen molar-refractivity contribution in [3.8, 4) is 0 Å². The summed E-state index contributed by atoms with van der Waals surface area (Å²) in [4.78, 5) is 13.4. The number of nitrogens with zero attached hydrogens (tertiary/aromatic N) is 1. The summed E-state index contributed by atoms with van der Waals surface area (Å²) in [6.07, 6.45) is 0. The van der Waals surface area contributed by atoms with Gasteiger partial charge in [0.25, 0.3) is 0 Å². The number of rotatable bonds is 7. The number of carbonyl (C=O) groups excluding carboxylic acids is 1. The van der Waals surface area contributed by atoms with Crippen molar-refractivity contribution in [2.75, 3.05) is 31.6 Å². The van der Waals surface area contributed by atoms with Gasteiger partial charge in [-0.1, -0.05) is 32.0 Å². The molecule has 0 bridgehead atoms. The minimum absolute atomic E-state index is 0.0345. The normalized spacial score (nSPS) is 16.4. The predicted molar refractivity (Wildman–Crippen MR) is 116 cm³/mol. The first kappa shape index (κ1) is 22.7. The van der Waals surface area contributed by atoms with Gasteiger partial charge in [-0.3, -0.25) is 4.79 Å². The third kappa shape index (κ3) is 5.40. The number of thioether (sulfide) groups is 1. The lowest BCUT2D eigenvalue weighted by molar-refractivity contribution is -0.116. The summed E-state index contributed by atoms with van der Waals surface area (Å²) in [6, 6.07) is 13.2. The van der Waals surface area contributed by atoms with Crippen molar-refractivity contribution in [2.45, 2.75) is 28.9 Å². The molecule has 6 nitrogen and oxygen atoms in total. The molecule has 0 spiro atoms. The zero-order chi connectivity index (χ0) is 21.7. The molecule has 1 fully saturated rings. The van der Waals surface area contributed by atoms with E-state index in [1.807, 2.05) is 44.2 Å². The molecule has 3 rings (SSSR count).